The Balaban J connectivity index is 2.12. The van der Waals surface area contributed by atoms with Crippen molar-refractivity contribution in [3.8, 4) is 0 Å². The van der Waals surface area contributed by atoms with Crippen LogP contribution in [-0.2, 0) is 9.53 Å². The van der Waals surface area contributed by atoms with E-state index in [9.17, 15) is 4.79 Å². The molecule has 4 heteroatoms. The summed E-state index contributed by atoms with van der Waals surface area (Å²) in [6, 6.07) is 0.536. The Morgan fingerprint density at radius 3 is 2.71 bits per heavy atom. The summed E-state index contributed by atoms with van der Waals surface area (Å²) in [6.45, 7) is 1.85. The highest BCUT2D eigenvalue weighted by Crippen LogP contribution is 2.26. The van der Waals surface area contributed by atoms with Gasteiger partial charge in [-0.2, -0.15) is 0 Å². The van der Waals surface area contributed by atoms with E-state index in [1.165, 1.54) is 0 Å². The van der Waals surface area contributed by atoms with Gasteiger partial charge in [0.25, 0.3) is 0 Å². The third-order valence-corrected chi connectivity index (χ3v) is 2.45. The Labute approximate surface area is 84.8 Å². The molecule has 0 unspecified atom stereocenters. The second kappa shape index (κ2) is 5.98. The maximum atomic E-state index is 10.6. The lowest BCUT2D eigenvalue weighted by Gasteiger charge is -2.19. The fourth-order valence-corrected chi connectivity index (χ4v) is 1.57. The van der Waals surface area contributed by atoms with E-state index in [1.807, 2.05) is 0 Å². The molecule has 0 radical (unpaired) electrons. The first-order chi connectivity index (χ1) is 6.74. The molecular weight excluding hydrogens is 182 g/mol. The highest BCUT2D eigenvalue weighted by Gasteiger charge is 2.29. The number of unbranched alkanes of at least 4 members (excludes halogenated alkanes) is 1. The van der Waals surface area contributed by atoms with Crippen LogP contribution in [0.5, 0.6) is 0 Å². The van der Waals surface area contributed by atoms with E-state index in [1.54, 1.807) is 7.11 Å². The summed E-state index contributed by atoms with van der Waals surface area (Å²) < 4.78 is 4.95. The normalized spacial score (nSPS) is 16.1. The van der Waals surface area contributed by atoms with Crippen molar-refractivity contribution in [1.82, 2.24) is 4.90 Å². The van der Waals surface area contributed by atoms with Crippen LogP contribution in [0.4, 0.5) is 0 Å². The fourth-order valence-electron chi connectivity index (χ4n) is 1.57. The van der Waals surface area contributed by atoms with E-state index in [4.69, 9.17) is 9.84 Å². The summed E-state index contributed by atoms with van der Waals surface area (Å²) in [5.41, 5.74) is 0. The molecule has 1 saturated carbocycles. The van der Waals surface area contributed by atoms with Crippen molar-refractivity contribution >= 4 is 5.97 Å². The SMILES string of the molecule is COCCCCN(CC(=O)O)C1CC1. The summed E-state index contributed by atoms with van der Waals surface area (Å²) in [5.74, 6) is -0.719. The Bertz CT molecular complexity index is 180. The first-order valence-corrected chi connectivity index (χ1v) is 5.19. The number of hydrogen-bond donors (Lipinski definition) is 1. The largest absolute Gasteiger partial charge is 0.480 e. The minimum atomic E-state index is -0.719. The van der Waals surface area contributed by atoms with Crippen LogP contribution in [0, 0.1) is 0 Å². The summed E-state index contributed by atoms with van der Waals surface area (Å²) >= 11 is 0. The van der Waals surface area contributed by atoms with Gasteiger partial charge in [-0.25, -0.2) is 0 Å². The molecule has 1 rings (SSSR count). The molecule has 0 aromatic heterocycles. The van der Waals surface area contributed by atoms with Gasteiger partial charge in [0.2, 0.25) is 0 Å². The molecule has 0 heterocycles. The van der Waals surface area contributed by atoms with Crippen LogP contribution in [0.15, 0.2) is 0 Å². The Morgan fingerprint density at radius 2 is 2.21 bits per heavy atom. The third-order valence-electron chi connectivity index (χ3n) is 2.45. The number of rotatable bonds is 8. The number of ether oxygens (including phenoxy) is 1. The van der Waals surface area contributed by atoms with Crippen LogP contribution in [0.3, 0.4) is 0 Å². The van der Waals surface area contributed by atoms with Crippen LogP contribution < -0.4 is 0 Å². The fraction of sp³-hybridized carbons (Fsp3) is 0.900. The van der Waals surface area contributed by atoms with Crippen molar-refractivity contribution in [2.24, 2.45) is 0 Å². The lowest BCUT2D eigenvalue weighted by molar-refractivity contribution is -0.138. The van der Waals surface area contributed by atoms with E-state index >= 15 is 0 Å². The zero-order chi connectivity index (χ0) is 10.4. The zero-order valence-electron chi connectivity index (χ0n) is 8.74. The van der Waals surface area contributed by atoms with Gasteiger partial charge in [-0.3, -0.25) is 9.69 Å². The summed E-state index contributed by atoms with van der Waals surface area (Å²) in [6.07, 6.45) is 4.37. The molecule has 1 N–H and O–H groups in total. The molecule has 1 aliphatic carbocycles. The summed E-state index contributed by atoms with van der Waals surface area (Å²) in [4.78, 5) is 12.6. The number of aliphatic carboxylic acids is 1. The minimum absolute atomic E-state index is 0.192. The number of nitrogens with zero attached hydrogens (tertiary/aromatic N) is 1. The second-order valence-electron chi connectivity index (χ2n) is 3.80. The number of carboxylic acids is 1. The second-order valence-corrected chi connectivity index (χ2v) is 3.80. The molecule has 14 heavy (non-hydrogen) atoms. The monoisotopic (exact) mass is 201 g/mol. The Hall–Kier alpha value is -0.610. The quantitative estimate of drug-likeness (QED) is 0.594. The van der Waals surface area contributed by atoms with Crippen LogP contribution >= 0.6 is 0 Å². The number of hydrogen-bond acceptors (Lipinski definition) is 3. The molecule has 4 nitrogen and oxygen atoms in total. The Kier molecular flexibility index (Phi) is 4.90. The number of carboxylic acid groups (broad SMARTS) is 1. The molecule has 1 fully saturated rings. The standard InChI is InChI=1S/C10H19NO3/c1-14-7-3-2-6-11(8-10(12)13)9-4-5-9/h9H,2-8H2,1H3,(H,12,13). The highest BCUT2D eigenvalue weighted by atomic mass is 16.5. The smallest absolute Gasteiger partial charge is 0.317 e. The van der Waals surface area contributed by atoms with Crippen molar-refractivity contribution in [3.63, 3.8) is 0 Å². The molecule has 0 amide bonds. The van der Waals surface area contributed by atoms with E-state index in [0.29, 0.717) is 6.04 Å². The lowest BCUT2D eigenvalue weighted by Crippen LogP contribution is -2.32. The molecule has 1 aliphatic rings. The zero-order valence-corrected chi connectivity index (χ0v) is 8.74. The van der Waals surface area contributed by atoms with E-state index < -0.39 is 5.97 Å². The molecule has 0 aliphatic heterocycles. The predicted molar refractivity (Wildman–Crippen MR) is 53.3 cm³/mol. The maximum absolute atomic E-state index is 10.6. The van der Waals surface area contributed by atoms with Gasteiger partial charge in [-0.05, 0) is 32.2 Å². The molecule has 82 valence electrons. The lowest BCUT2D eigenvalue weighted by atomic mass is 10.3. The minimum Gasteiger partial charge on any atom is -0.480 e. The van der Waals surface area contributed by atoms with Crippen molar-refractivity contribution in [2.75, 3.05) is 26.8 Å². The van der Waals surface area contributed by atoms with Crippen LogP contribution in [0.25, 0.3) is 0 Å². The van der Waals surface area contributed by atoms with Gasteiger partial charge in [0, 0.05) is 19.8 Å². The van der Waals surface area contributed by atoms with Gasteiger partial charge in [0.05, 0.1) is 6.54 Å². The molecule has 0 aromatic carbocycles. The summed E-state index contributed by atoms with van der Waals surface area (Å²) in [5, 5.41) is 8.70. The first-order valence-electron chi connectivity index (χ1n) is 5.19. The summed E-state index contributed by atoms with van der Waals surface area (Å²) in [7, 11) is 1.69. The van der Waals surface area contributed by atoms with Gasteiger partial charge in [-0.1, -0.05) is 0 Å². The van der Waals surface area contributed by atoms with Crippen molar-refractivity contribution in [1.29, 1.82) is 0 Å². The van der Waals surface area contributed by atoms with Gasteiger partial charge < -0.3 is 9.84 Å². The molecule has 0 atom stereocenters. The van der Waals surface area contributed by atoms with Gasteiger partial charge in [0.1, 0.15) is 0 Å². The first kappa shape index (κ1) is 11.5. The van der Waals surface area contributed by atoms with E-state index in [2.05, 4.69) is 4.90 Å². The van der Waals surface area contributed by atoms with Gasteiger partial charge >= 0.3 is 5.97 Å². The molecule has 0 saturated heterocycles. The molecule has 0 bridgehead atoms. The molecule has 0 spiro atoms. The average Bonchev–Trinajstić information content (AvgIpc) is 2.92. The van der Waals surface area contributed by atoms with Gasteiger partial charge in [-0.15, -0.1) is 0 Å². The van der Waals surface area contributed by atoms with Crippen molar-refractivity contribution < 1.29 is 14.6 Å². The predicted octanol–water partition coefficient (Wildman–Crippen LogP) is 0.962. The number of carbonyl (C=O) groups is 1. The number of methoxy groups -OCH3 is 1. The van der Waals surface area contributed by atoms with Crippen molar-refractivity contribution in [2.45, 2.75) is 31.7 Å². The molecule has 0 aromatic rings. The van der Waals surface area contributed by atoms with Gasteiger partial charge in [0.15, 0.2) is 0 Å². The van der Waals surface area contributed by atoms with E-state index in [-0.39, 0.29) is 6.54 Å². The van der Waals surface area contributed by atoms with E-state index in [0.717, 1.165) is 38.8 Å². The maximum Gasteiger partial charge on any atom is 0.317 e. The highest BCUT2D eigenvalue weighted by molar-refractivity contribution is 5.69. The molecular formula is C10H19NO3. The third kappa shape index (κ3) is 4.58. The van der Waals surface area contributed by atoms with Crippen LogP contribution in [0.2, 0.25) is 0 Å². The van der Waals surface area contributed by atoms with Crippen LogP contribution in [-0.4, -0.2) is 48.8 Å². The van der Waals surface area contributed by atoms with Crippen molar-refractivity contribution in [3.05, 3.63) is 0 Å². The topological polar surface area (TPSA) is 49.8 Å². The van der Waals surface area contributed by atoms with Crippen LogP contribution in [0.1, 0.15) is 25.7 Å². The Morgan fingerprint density at radius 1 is 1.50 bits per heavy atom. The average molecular weight is 201 g/mol.